The van der Waals surface area contributed by atoms with Crippen LogP contribution in [0.4, 0.5) is 0 Å². The average molecular weight is 296 g/mol. The highest BCUT2D eigenvalue weighted by molar-refractivity contribution is 9.11. The van der Waals surface area contributed by atoms with Gasteiger partial charge in [0.25, 0.3) is 0 Å². The van der Waals surface area contributed by atoms with Crippen molar-refractivity contribution < 1.29 is 0 Å². The van der Waals surface area contributed by atoms with Crippen molar-refractivity contribution in [2.24, 2.45) is 0 Å². The number of nitrogens with zero attached hydrogens (tertiary/aromatic N) is 1. The Labute approximate surface area is 104 Å². The predicted molar refractivity (Wildman–Crippen MR) is 70.6 cm³/mol. The first kappa shape index (κ1) is 9.51. The summed E-state index contributed by atoms with van der Waals surface area (Å²) < 4.78 is 2.43. The van der Waals surface area contributed by atoms with Crippen LogP contribution in [0.3, 0.4) is 0 Å². The molecule has 0 spiro atoms. The van der Waals surface area contributed by atoms with Crippen LogP contribution in [-0.4, -0.2) is 4.98 Å². The number of hydrogen-bond donors (Lipinski definition) is 0. The molecule has 2 aromatic heterocycles. The number of thiazole rings is 1. The van der Waals surface area contributed by atoms with Gasteiger partial charge >= 0.3 is 0 Å². The summed E-state index contributed by atoms with van der Waals surface area (Å²) >= 11 is 6.96. The zero-order chi connectivity index (χ0) is 10.3. The summed E-state index contributed by atoms with van der Waals surface area (Å²) in [6, 6.07) is 12.4. The number of benzene rings is 1. The van der Waals surface area contributed by atoms with Crippen molar-refractivity contribution in [3.8, 4) is 10.6 Å². The fourth-order valence-corrected chi connectivity index (χ4v) is 4.45. The van der Waals surface area contributed by atoms with E-state index in [-0.39, 0.29) is 0 Å². The second-order valence-electron chi connectivity index (χ2n) is 3.11. The van der Waals surface area contributed by atoms with E-state index in [1.165, 1.54) is 9.58 Å². The Bertz CT molecular complexity index is 566. The molecule has 0 N–H and O–H groups in total. The Balaban J connectivity index is 2.16. The zero-order valence-electron chi connectivity index (χ0n) is 7.61. The number of aromatic nitrogens is 1. The Hall–Kier alpha value is -0.710. The number of thiophene rings is 1. The van der Waals surface area contributed by atoms with Gasteiger partial charge in [0.2, 0.25) is 0 Å². The molecule has 0 aliphatic heterocycles. The van der Waals surface area contributed by atoms with Crippen LogP contribution >= 0.6 is 38.6 Å². The Kier molecular flexibility index (Phi) is 2.35. The van der Waals surface area contributed by atoms with Gasteiger partial charge < -0.3 is 0 Å². The normalized spacial score (nSPS) is 11.0. The fourth-order valence-electron chi connectivity index (χ4n) is 1.41. The molecule has 0 radical (unpaired) electrons. The summed E-state index contributed by atoms with van der Waals surface area (Å²) in [6.45, 7) is 0. The quantitative estimate of drug-likeness (QED) is 0.629. The third-order valence-electron chi connectivity index (χ3n) is 2.08. The van der Waals surface area contributed by atoms with E-state index in [2.05, 4.69) is 39.1 Å². The molecule has 74 valence electrons. The molecule has 3 rings (SSSR count). The molecule has 3 aromatic rings. The molecule has 0 aliphatic rings. The molecule has 0 amide bonds. The Morgan fingerprint density at radius 2 is 1.87 bits per heavy atom. The summed E-state index contributed by atoms with van der Waals surface area (Å²) in [5.41, 5.74) is 2.29. The second-order valence-corrected chi connectivity index (χ2v) is 6.80. The maximum absolute atomic E-state index is 4.60. The SMILES string of the molecule is Brc1cc2nc(-c3ccccc3)sc2s1. The summed E-state index contributed by atoms with van der Waals surface area (Å²) in [6.07, 6.45) is 0. The first-order chi connectivity index (χ1) is 7.33. The molecular formula is C11H6BrNS2. The molecule has 15 heavy (non-hydrogen) atoms. The van der Waals surface area contributed by atoms with E-state index in [4.69, 9.17) is 0 Å². The van der Waals surface area contributed by atoms with Gasteiger partial charge in [-0.05, 0) is 22.0 Å². The molecule has 0 aliphatic carbocycles. The van der Waals surface area contributed by atoms with Gasteiger partial charge in [0, 0.05) is 5.56 Å². The highest BCUT2D eigenvalue weighted by atomic mass is 79.9. The second kappa shape index (κ2) is 3.70. The number of rotatable bonds is 1. The van der Waals surface area contributed by atoms with Crippen LogP contribution in [0, 0.1) is 0 Å². The van der Waals surface area contributed by atoms with Gasteiger partial charge in [0.05, 0.1) is 9.30 Å². The van der Waals surface area contributed by atoms with E-state index in [1.807, 2.05) is 18.2 Å². The molecule has 1 aromatic carbocycles. The van der Waals surface area contributed by atoms with Crippen molar-refractivity contribution in [3.05, 3.63) is 40.2 Å². The van der Waals surface area contributed by atoms with E-state index in [0.717, 1.165) is 14.3 Å². The first-order valence-corrected chi connectivity index (χ1v) is 6.87. The molecule has 4 heteroatoms. The molecule has 0 atom stereocenters. The molecule has 0 saturated heterocycles. The lowest BCUT2D eigenvalue weighted by molar-refractivity contribution is 1.48. The minimum Gasteiger partial charge on any atom is -0.235 e. The molecule has 0 bridgehead atoms. The Morgan fingerprint density at radius 1 is 1.07 bits per heavy atom. The van der Waals surface area contributed by atoms with Gasteiger partial charge in [-0.1, -0.05) is 30.3 Å². The molecule has 0 unspecified atom stereocenters. The van der Waals surface area contributed by atoms with Crippen LogP contribution in [0.5, 0.6) is 0 Å². The molecule has 0 fully saturated rings. The van der Waals surface area contributed by atoms with Crippen molar-refractivity contribution in [3.63, 3.8) is 0 Å². The number of halogens is 1. The van der Waals surface area contributed by atoms with Crippen molar-refractivity contribution in [1.82, 2.24) is 4.98 Å². The van der Waals surface area contributed by atoms with E-state index in [9.17, 15) is 0 Å². The van der Waals surface area contributed by atoms with Gasteiger partial charge in [0.1, 0.15) is 9.02 Å². The van der Waals surface area contributed by atoms with Gasteiger partial charge in [-0.2, -0.15) is 0 Å². The van der Waals surface area contributed by atoms with E-state index in [1.54, 1.807) is 22.7 Å². The first-order valence-electron chi connectivity index (χ1n) is 4.44. The van der Waals surface area contributed by atoms with Crippen LogP contribution in [0.25, 0.3) is 20.1 Å². The summed E-state index contributed by atoms with van der Waals surface area (Å²) in [5.74, 6) is 0. The average Bonchev–Trinajstić information content (AvgIpc) is 2.76. The van der Waals surface area contributed by atoms with E-state index >= 15 is 0 Å². The third-order valence-corrected chi connectivity index (χ3v) is 4.92. The van der Waals surface area contributed by atoms with Crippen LogP contribution < -0.4 is 0 Å². The standard InChI is InChI=1S/C11H6BrNS2/c12-9-6-8-11(14-9)15-10(13-8)7-4-2-1-3-5-7/h1-6H. The van der Waals surface area contributed by atoms with Crippen LogP contribution in [-0.2, 0) is 0 Å². The largest absolute Gasteiger partial charge is 0.235 e. The third kappa shape index (κ3) is 1.73. The topological polar surface area (TPSA) is 12.9 Å². The maximum Gasteiger partial charge on any atom is 0.125 e. The van der Waals surface area contributed by atoms with Crippen LogP contribution in [0.15, 0.2) is 40.2 Å². The predicted octanol–water partition coefficient (Wildman–Crippen LogP) is 4.79. The zero-order valence-corrected chi connectivity index (χ0v) is 10.8. The van der Waals surface area contributed by atoms with E-state index < -0.39 is 0 Å². The van der Waals surface area contributed by atoms with Crippen molar-refractivity contribution in [2.45, 2.75) is 0 Å². The summed E-state index contributed by atoms with van der Waals surface area (Å²) in [7, 11) is 0. The minimum atomic E-state index is 1.09. The number of fused-ring (bicyclic) bond motifs is 1. The summed E-state index contributed by atoms with van der Waals surface area (Å²) in [4.78, 5) is 4.60. The lowest BCUT2D eigenvalue weighted by Crippen LogP contribution is -1.72. The van der Waals surface area contributed by atoms with Crippen molar-refractivity contribution in [1.29, 1.82) is 0 Å². The number of hydrogen-bond acceptors (Lipinski definition) is 3. The molecule has 2 heterocycles. The van der Waals surface area contributed by atoms with Crippen molar-refractivity contribution >= 4 is 48.1 Å². The lowest BCUT2D eigenvalue weighted by Gasteiger charge is -1.92. The monoisotopic (exact) mass is 295 g/mol. The van der Waals surface area contributed by atoms with E-state index in [0.29, 0.717) is 0 Å². The smallest absolute Gasteiger partial charge is 0.125 e. The van der Waals surface area contributed by atoms with Gasteiger partial charge in [-0.25, -0.2) is 4.98 Å². The Morgan fingerprint density at radius 3 is 2.60 bits per heavy atom. The van der Waals surface area contributed by atoms with Gasteiger partial charge in [-0.15, -0.1) is 22.7 Å². The highest BCUT2D eigenvalue weighted by Gasteiger charge is 2.08. The maximum atomic E-state index is 4.60. The lowest BCUT2D eigenvalue weighted by atomic mass is 10.2. The van der Waals surface area contributed by atoms with Crippen molar-refractivity contribution in [2.75, 3.05) is 0 Å². The van der Waals surface area contributed by atoms with Crippen LogP contribution in [0.2, 0.25) is 0 Å². The molecular weight excluding hydrogens is 290 g/mol. The highest BCUT2D eigenvalue weighted by Crippen LogP contribution is 2.37. The van der Waals surface area contributed by atoms with Gasteiger partial charge in [-0.3, -0.25) is 0 Å². The summed E-state index contributed by atoms with van der Waals surface area (Å²) in [5, 5.41) is 1.10. The minimum absolute atomic E-state index is 1.09. The van der Waals surface area contributed by atoms with Crippen LogP contribution in [0.1, 0.15) is 0 Å². The molecule has 0 saturated carbocycles. The fraction of sp³-hybridized carbons (Fsp3) is 0. The van der Waals surface area contributed by atoms with Gasteiger partial charge in [0.15, 0.2) is 0 Å². The molecule has 1 nitrogen and oxygen atoms in total.